The van der Waals surface area contributed by atoms with Gasteiger partial charge in [0.1, 0.15) is 18.6 Å². The zero-order valence-electron chi connectivity index (χ0n) is 16.8. The summed E-state index contributed by atoms with van der Waals surface area (Å²) >= 11 is 0. The highest BCUT2D eigenvalue weighted by Gasteiger charge is 2.30. The fraction of sp³-hybridized carbons (Fsp3) is 0.240. The summed E-state index contributed by atoms with van der Waals surface area (Å²) in [4.78, 5) is 13.2. The molecular formula is C25H28NO2+. The van der Waals surface area contributed by atoms with Gasteiger partial charge in [-0.25, -0.2) is 0 Å². The van der Waals surface area contributed by atoms with Gasteiger partial charge < -0.3 is 9.22 Å². The van der Waals surface area contributed by atoms with Gasteiger partial charge in [-0.3, -0.25) is 4.79 Å². The average Bonchev–Trinajstić information content (AvgIpc) is 2.70. The molecule has 0 saturated heterocycles. The van der Waals surface area contributed by atoms with Gasteiger partial charge in [0.25, 0.3) is 0 Å². The summed E-state index contributed by atoms with van der Waals surface area (Å²) in [5.41, 5.74) is 3.05. The molecule has 0 bridgehead atoms. The number of esters is 1. The molecule has 1 unspecified atom stereocenters. The van der Waals surface area contributed by atoms with Crippen molar-refractivity contribution in [1.82, 2.24) is 0 Å². The van der Waals surface area contributed by atoms with Gasteiger partial charge in [-0.2, -0.15) is 0 Å². The quantitative estimate of drug-likeness (QED) is 0.438. The van der Waals surface area contributed by atoms with Crippen molar-refractivity contribution in [3.63, 3.8) is 0 Å². The monoisotopic (exact) mass is 374 g/mol. The topological polar surface area (TPSA) is 26.3 Å². The van der Waals surface area contributed by atoms with Crippen molar-refractivity contribution in [3.8, 4) is 0 Å². The minimum atomic E-state index is -0.425. The lowest BCUT2D eigenvalue weighted by atomic mass is 9.91. The van der Waals surface area contributed by atoms with Crippen LogP contribution in [0.3, 0.4) is 0 Å². The molecule has 0 aromatic heterocycles. The van der Waals surface area contributed by atoms with Gasteiger partial charge in [0, 0.05) is 5.56 Å². The van der Waals surface area contributed by atoms with Crippen LogP contribution in [-0.2, 0) is 9.53 Å². The number of carbonyl (C=O) groups excluding carboxylic acids is 1. The molecule has 0 aliphatic carbocycles. The number of benzene rings is 3. The maximum Gasteiger partial charge on any atom is 0.318 e. The summed E-state index contributed by atoms with van der Waals surface area (Å²) in [6, 6.07) is 30.0. The van der Waals surface area contributed by atoms with E-state index in [0.29, 0.717) is 11.1 Å². The molecule has 3 aromatic rings. The summed E-state index contributed by atoms with van der Waals surface area (Å²) in [6.45, 7) is 0.336. The first-order valence-electron chi connectivity index (χ1n) is 9.59. The van der Waals surface area contributed by atoms with Gasteiger partial charge >= 0.3 is 5.97 Å². The van der Waals surface area contributed by atoms with E-state index in [4.69, 9.17) is 4.74 Å². The molecule has 1 atom stereocenters. The van der Waals surface area contributed by atoms with Crippen LogP contribution in [0.2, 0.25) is 0 Å². The second-order valence-corrected chi connectivity index (χ2v) is 7.93. The van der Waals surface area contributed by atoms with Gasteiger partial charge in [-0.1, -0.05) is 91.0 Å². The largest absolute Gasteiger partial charge is 0.458 e. The van der Waals surface area contributed by atoms with Gasteiger partial charge in [-0.05, 0) is 11.1 Å². The summed E-state index contributed by atoms with van der Waals surface area (Å²) in [5, 5.41) is 0. The minimum Gasteiger partial charge on any atom is -0.458 e. The molecule has 0 aliphatic heterocycles. The highest BCUT2D eigenvalue weighted by atomic mass is 16.5. The molecule has 3 aromatic carbocycles. The van der Waals surface area contributed by atoms with Gasteiger partial charge in [0.15, 0.2) is 0 Å². The Labute approximate surface area is 167 Å². The third kappa shape index (κ3) is 4.87. The first-order chi connectivity index (χ1) is 13.5. The lowest BCUT2D eigenvalue weighted by Gasteiger charge is -2.34. The number of hydrogen-bond donors (Lipinski definition) is 0. The Hall–Kier alpha value is -2.91. The second kappa shape index (κ2) is 8.85. The second-order valence-electron chi connectivity index (χ2n) is 7.93. The molecule has 144 valence electrons. The zero-order chi connectivity index (χ0) is 20.0. The Kier molecular flexibility index (Phi) is 6.27. The number of ether oxygens (including phenoxy) is 1. The zero-order valence-corrected chi connectivity index (χ0v) is 16.8. The normalized spacial score (nSPS) is 12.6. The molecule has 0 radical (unpaired) electrons. The molecule has 0 N–H and O–H groups in total. The first-order valence-corrected chi connectivity index (χ1v) is 9.59. The van der Waals surface area contributed by atoms with Crippen molar-refractivity contribution in [1.29, 1.82) is 0 Å². The van der Waals surface area contributed by atoms with Crippen LogP contribution in [0, 0.1) is 0 Å². The summed E-state index contributed by atoms with van der Waals surface area (Å²) in [7, 11) is 6.37. The molecule has 28 heavy (non-hydrogen) atoms. The fourth-order valence-electron chi connectivity index (χ4n) is 3.44. The third-order valence-corrected chi connectivity index (χ3v) is 5.00. The first kappa shape index (κ1) is 19.8. The molecular weight excluding hydrogens is 346 g/mol. The summed E-state index contributed by atoms with van der Waals surface area (Å²) in [6.07, 6.45) is 0. The van der Waals surface area contributed by atoms with Crippen molar-refractivity contribution in [3.05, 3.63) is 108 Å². The van der Waals surface area contributed by atoms with Gasteiger partial charge in [-0.15, -0.1) is 0 Å². The van der Waals surface area contributed by atoms with Crippen LogP contribution in [-0.4, -0.2) is 38.2 Å². The van der Waals surface area contributed by atoms with E-state index in [1.807, 2.05) is 78.9 Å². The lowest BCUT2D eigenvalue weighted by molar-refractivity contribution is -0.902. The van der Waals surface area contributed by atoms with Crippen molar-refractivity contribution < 1.29 is 14.0 Å². The molecule has 3 nitrogen and oxygen atoms in total. The molecule has 0 heterocycles. The number of hydrogen-bond acceptors (Lipinski definition) is 2. The van der Waals surface area contributed by atoms with Gasteiger partial charge in [0.2, 0.25) is 0 Å². The van der Waals surface area contributed by atoms with Crippen LogP contribution in [0.5, 0.6) is 0 Å². The Morgan fingerprint density at radius 1 is 0.714 bits per heavy atom. The van der Waals surface area contributed by atoms with E-state index >= 15 is 0 Å². The van der Waals surface area contributed by atoms with E-state index in [0.717, 1.165) is 11.1 Å². The van der Waals surface area contributed by atoms with Crippen LogP contribution >= 0.6 is 0 Å². The summed E-state index contributed by atoms with van der Waals surface area (Å²) < 4.78 is 6.58. The summed E-state index contributed by atoms with van der Waals surface area (Å²) in [5.74, 6) is -0.641. The minimum absolute atomic E-state index is 0.0670. The molecule has 0 aliphatic rings. The molecule has 0 fully saturated rings. The van der Waals surface area contributed by atoms with E-state index < -0.39 is 5.92 Å². The van der Waals surface area contributed by atoms with E-state index in [1.165, 1.54) is 5.56 Å². The molecule has 3 rings (SSSR count). The van der Waals surface area contributed by atoms with Crippen LogP contribution in [0.1, 0.15) is 28.7 Å². The molecule has 0 spiro atoms. The van der Waals surface area contributed by atoms with E-state index in [1.54, 1.807) is 0 Å². The van der Waals surface area contributed by atoms with Crippen molar-refractivity contribution in [2.24, 2.45) is 0 Å². The van der Waals surface area contributed by atoms with Crippen LogP contribution < -0.4 is 0 Å². The number of quaternary nitrogens is 1. The van der Waals surface area contributed by atoms with Crippen LogP contribution in [0.4, 0.5) is 0 Å². The molecule has 3 heteroatoms. The van der Waals surface area contributed by atoms with Crippen LogP contribution in [0.25, 0.3) is 0 Å². The standard InChI is InChI=1S/C25H28NO2/c1-26(2,3)23(20-13-7-4-8-14-20)19-28-25(27)24(21-15-9-5-10-16-21)22-17-11-6-12-18-22/h4-18,23-24H,19H2,1-3H3/q+1. The Morgan fingerprint density at radius 2 is 1.11 bits per heavy atom. The van der Waals surface area contributed by atoms with Crippen molar-refractivity contribution >= 4 is 5.97 Å². The third-order valence-electron chi connectivity index (χ3n) is 5.00. The average molecular weight is 375 g/mol. The number of nitrogens with zero attached hydrogens (tertiary/aromatic N) is 1. The smallest absolute Gasteiger partial charge is 0.318 e. The van der Waals surface area contributed by atoms with E-state index in [2.05, 4.69) is 33.3 Å². The Bertz CT molecular complexity index is 831. The van der Waals surface area contributed by atoms with E-state index in [-0.39, 0.29) is 12.0 Å². The number of likely N-dealkylation sites (N-methyl/N-ethyl adjacent to an activating group) is 1. The van der Waals surface area contributed by atoms with E-state index in [9.17, 15) is 4.79 Å². The predicted molar refractivity (Wildman–Crippen MR) is 113 cm³/mol. The molecule has 0 amide bonds. The maximum absolute atomic E-state index is 13.2. The van der Waals surface area contributed by atoms with Gasteiger partial charge in [0.05, 0.1) is 21.1 Å². The number of carbonyl (C=O) groups is 1. The molecule has 0 saturated carbocycles. The van der Waals surface area contributed by atoms with Crippen LogP contribution in [0.15, 0.2) is 91.0 Å². The Morgan fingerprint density at radius 3 is 1.50 bits per heavy atom. The predicted octanol–water partition coefficient (Wildman–Crippen LogP) is 4.81. The van der Waals surface area contributed by atoms with Crippen molar-refractivity contribution in [2.75, 3.05) is 27.7 Å². The lowest BCUT2D eigenvalue weighted by Crippen LogP contribution is -2.41. The number of rotatable bonds is 7. The fourth-order valence-corrected chi connectivity index (χ4v) is 3.44. The van der Waals surface area contributed by atoms with Crippen molar-refractivity contribution in [2.45, 2.75) is 12.0 Å². The maximum atomic E-state index is 13.2. The SMILES string of the molecule is C[N+](C)(C)C(COC(=O)C(c1ccccc1)c1ccccc1)c1ccccc1. The highest BCUT2D eigenvalue weighted by Crippen LogP contribution is 2.28. The Balaban J connectivity index is 1.84. The highest BCUT2D eigenvalue weighted by molar-refractivity contribution is 5.82.